The van der Waals surface area contributed by atoms with Crippen molar-refractivity contribution in [3.63, 3.8) is 0 Å². The van der Waals surface area contributed by atoms with Crippen molar-refractivity contribution in [2.24, 2.45) is 7.05 Å². The monoisotopic (exact) mass is 196 g/mol. The van der Waals surface area contributed by atoms with Crippen LogP contribution in [0, 0.1) is 0 Å². The average molecular weight is 196 g/mol. The third kappa shape index (κ3) is 1.13. The highest BCUT2D eigenvalue weighted by molar-refractivity contribution is 5.79. The van der Waals surface area contributed by atoms with Crippen molar-refractivity contribution >= 4 is 5.97 Å². The number of aliphatic carboxylic acids is 1. The normalized spacial score (nSPS) is 26.6. The molecule has 1 saturated heterocycles. The first kappa shape index (κ1) is 9.21. The number of nitrogens with zero attached hydrogens (tertiary/aromatic N) is 2. The maximum absolute atomic E-state index is 11.2. The average Bonchev–Trinajstić information content (AvgIpc) is 2.72. The molecule has 1 N–H and O–H groups in total. The predicted molar refractivity (Wildman–Crippen MR) is 47.7 cm³/mol. The zero-order valence-electron chi connectivity index (χ0n) is 7.93. The lowest BCUT2D eigenvalue weighted by atomic mass is 9.96. The Morgan fingerprint density at radius 2 is 2.57 bits per heavy atom. The molecule has 1 aromatic heterocycles. The SMILES string of the molecule is Cn1cncc1C1(C(=O)O)CCCO1. The van der Waals surface area contributed by atoms with Gasteiger partial charge in [-0.05, 0) is 12.8 Å². The highest BCUT2D eigenvalue weighted by Crippen LogP contribution is 2.35. The zero-order valence-corrected chi connectivity index (χ0v) is 7.93. The second-order valence-corrected chi connectivity index (χ2v) is 3.47. The van der Waals surface area contributed by atoms with Crippen LogP contribution in [0.4, 0.5) is 0 Å². The number of hydrogen-bond acceptors (Lipinski definition) is 3. The first-order valence-corrected chi connectivity index (χ1v) is 4.51. The van der Waals surface area contributed by atoms with E-state index in [-0.39, 0.29) is 0 Å². The molecule has 0 saturated carbocycles. The van der Waals surface area contributed by atoms with Crippen molar-refractivity contribution < 1.29 is 14.6 Å². The van der Waals surface area contributed by atoms with Crippen molar-refractivity contribution in [2.45, 2.75) is 18.4 Å². The van der Waals surface area contributed by atoms with Crippen LogP contribution in [0.3, 0.4) is 0 Å². The molecule has 0 radical (unpaired) electrons. The fraction of sp³-hybridized carbons (Fsp3) is 0.556. The second-order valence-electron chi connectivity index (χ2n) is 3.47. The number of aryl methyl sites for hydroxylation is 1. The van der Waals surface area contributed by atoms with E-state index < -0.39 is 11.6 Å². The Bertz CT molecular complexity index is 353. The summed E-state index contributed by atoms with van der Waals surface area (Å²) in [5, 5.41) is 9.19. The molecule has 0 bridgehead atoms. The first-order chi connectivity index (χ1) is 6.67. The number of rotatable bonds is 2. The lowest BCUT2D eigenvalue weighted by molar-refractivity contribution is -0.162. The largest absolute Gasteiger partial charge is 0.479 e. The minimum Gasteiger partial charge on any atom is -0.479 e. The van der Waals surface area contributed by atoms with E-state index in [1.807, 2.05) is 0 Å². The molecule has 5 heteroatoms. The van der Waals surface area contributed by atoms with Crippen LogP contribution in [0.25, 0.3) is 0 Å². The summed E-state index contributed by atoms with van der Waals surface area (Å²) in [4.78, 5) is 15.1. The molecule has 76 valence electrons. The van der Waals surface area contributed by atoms with Gasteiger partial charge >= 0.3 is 5.97 Å². The number of carbonyl (C=O) groups is 1. The van der Waals surface area contributed by atoms with Gasteiger partial charge < -0.3 is 14.4 Å². The van der Waals surface area contributed by atoms with Crippen LogP contribution in [-0.4, -0.2) is 27.2 Å². The van der Waals surface area contributed by atoms with Crippen LogP contribution < -0.4 is 0 Å². The van der Waals surface area contributed by atoms with Gasteiger partial charge in [0, 0.05) is 13.7 Å². The molecule has 5 nitrogen and oxygen atoms in total. The molecular formula is C9H12N2O3. The predicted octanol–water partition coefficient (Wildman–Crippen LogP) is 0.510. The van der Waals surface area contributed by atoms with E-state index in [1.54, 1.807) is 24.1 Å². The van der Waals surface area contributed by atoms with E-state index in [0.29, 0.717) is 18.7 Å². The molecule has 1 aliphatic rings. The molecular weight excluding hydrogens is 184 g/mol. The molecule has 2 rings (SSSR count). The second kappa shape index (κ2) is 3.09. The molecule has 0 aromatic carbocycles. The molecule has 14 heavy (non-hydrogen) atoms. The smallest absolute Gasteiger partial charge is 0.342 e. The lowest BCUT2D eigenvalue weighted by Crippen LogP contribution is -2.36. The number of carboxylic acids is 1. The standard InChI is InChI=1S/C9H12N2O3/c1-11-6-10-5-7(11)9(8(12)13)3-2-4-14-9/h5-6H,2-4H2,1H3,(H,12,13). The molecule has 1 atom stereocenters. The topological polar surface area (TPSA) is 64.4 Å². The number of imidazole rings is 1. The Morgan fingerprint density at radius 3 is 3.00 bits per heavy atom. The van der Waals surface area contributed by atoms with E-state index in [1.165, 1.54) is 0 Å². The van der Waals surface area contributed by atoms with Crippen LogP contribution in [0.5, 0.6) is 0 Å². The van der Waals surface area contributed by atoms with Gasteiger partial charge in [0.05, 0.1) is 18.2 Å². The van der Waals surface area contributed by atoms with Gasteiger partial charge in [-0.25, -0.2) is 9.78 Å². The maximum atomic E-state index is 11.2. The Labute approximate surface area is 81.3 Å². The highest BCUT2D eigenvalue weighted by atomic mass is 16.5. The summed E-state index contributed by atoms with van der Waals surface area (Å²) < 4.78 is 7.06. The van der Waals surface area contributed by atoms with E-state index >= 15 is 0 Å². The Hall–Kier alpha value is -1.36. The quantitative estimate of drug-likeness (QED) is 0.748. The van der Waals surface area contributed by atoms with Crippen molar-refractivity contribution in [3.05, 3.63) is 18.2 Å². The molecule has 2 heterocycles. The summed E-state index contributed by atoms with van der Waals surface area (Å²) in [6.07, 6.45) is 4.43. The third-order valence-corrected chi connectivity index (χ3v) is 2.60. The van der Waals surface area contributed by atoms with E-state index in [2.05, 4.69) is 4.98 Å². The van der Waals surface area contributed by atoms with Gasteiger partial charge in [0.1, 0.15) is 0 Å². The van der Waals surface area contributed by atoms with Gasteiger partial charge in [-0.15, -0.1) is 0 Å². The van der Waals surface area contributed by atoms with Gasteiger partial charge in [-0.1, -0.05) is 0 Å². The summed E-state index contributed by atoms with van der Waals surface area (Å²) in [6, 6.07) is 0. The molecule has 1 fully saturated rings. The van der Waals surface area contributed by atoms with Crippen molar-refractivity contribution in [1.29, 1.82) is 0 Å². The van der Waals surface area contributed by atoms with E-state index in [4.69, 9.17) is 4.74 Å². The molecule has 1 unspecified atom stereocenters. The number of ether oxygens (including phenoxy) is 1. The summed E-state index contributed by atoms with van der Waals surface area (Å²) in [5.41, 5.74) is -0.562. The summed E-state index contributed by atoms with van der Waals surface area (Å²) in [6.45, 7) is 0.498. The Balaban J connectivity index is 2.46. The fourth-order valence-electron chi connectivity index (χ4n) is 1.87. The first-order valence-electron chi connectivity index (χ1n) is 4.51. The summed E-state index contributed by atoms with van der Waals surface area (Å²) >= 11 is 0. The molecule has 0 amide bonds. The van der Waals surface area contributed by atoms with Crippen molar-refractivity contribution in [2.75, 3.05) is 6.61 Å². The molecule has 1 aromatic rings. The van der Waals surface area contributed by atoms with E-state index in [9.17, 15) is 9.90 Å². The van der Waals surface area contributed by atoms with Crippen LogP contribution in [0.2, 0.25) is 0 Å². The number of carboxylic acid groups (broad SMARTS) is 1. The van der Waals surface area contributed by atoms with Crippen LogP contribution >= 0.6 is 0 Å². The van der Waals surface area contributed by atoms with Gasteiger partial charge in [0.25, 0.3) is 0 Å². The van der Waals surface area contributed by atoms with Crippen LogP contribution in [0.1, 0.15) is 18.5 Å². The summed E-state index contributed by atoms with van der Waals surface area (Å²) in [7, 11) is 1.77. The fourth-order valence-corrected chi connectivity index (χ4v) is 1.87. The number of aromatic nitrogens is 2. The number of hydrogen-bond donors (Lipinski definition) is 1. The summed E-state index contributed by atoms with van der Waals surface area (Å²) in [5.74, 6) is -0.932. The van der Waals surface area contributed by atoms with Gasteiger partial charge in [0.15, 0.2) is 0 Å². The van der Waals surface area contributed by atoms with Crippen LogP contribution in [0.15, 0.2) is 12.5 Å². The molecule has 0 aliphatic carbocycles. The van der Waals surface area contributed by atoms with Crippen molar-refractivity contribution in [3.8, 4) is 0 Å². The van der Waals surface area contributed by atoms with Gasteiger partial charge in [0.2, 0.25) is 5.60 Å². The minimum atomic E-state index is -1.18. The zero-order chi connectivity index (χ0) is 10.2. The molecule has 1 aliphatic heterocycles. The molecule has 0 spiro atoms. The highest BCUT2D eigenvalue weighted by Gasteiger charge is 2.46. The van der Waals surface area contributed by atoms with Gasteiger partial charge in [-0.3, -0.25) is 0 Å². The van der Waals surface area contributed by atoms with Crippen molar-refractivity contribution in [1.82, 2.24) is 9.55 Å². The third-order valence-electron chi connectivity index (χ3n) is 2.60. The Kier molecular flexibility index (Phi) is 2.03. The van der Waals surface area contributed by atoms with Crippen LogP contribution in [-0.2, 0) is 22.2 Å². The maximum Gasteiger partial charge on any atom is 0.342 e. The Morgan fingerprint density at radius 1 is 1.79 bits per heavy atom. The minimum absolute atomic E-state index is 0.498. The van der Waals surface area contributed by atoms with E-state index in [0.717, 1.165) is 6.42 Å². The van der Waals surface area contributed by atoms with Gasteiger partial charge in [-0.2, -0.15) is 0 Å². The lowest BCUT2D eigenvalue weighted by Gasteiger charge is -2.23.